The fourth-order valence-corrected chi connectivity index (χ4v) is 3.23. The van der Waals surface area contributed by atoms with E-state index in [4.69, 9.17) is 23.2 Å². The second kappa shape index (κ2) is 6.73. The van der Waals surface area contributed by atoms with Gasteiger partial charge in [-0.05, 0) is 29.8 Å². The minimum absolute atomic E-state index is 0.691. The van der Waals surface area contributed by atoms with Gasteiger partial charge in [0.15, 0.2) is 11.0 Å². The molecule has 1 heterocycles. The largest absolute Gasteiger partial charge is 0.305 e. The number of aromatic nitrogens is 3. The molecule has 6 heteroatoms. The molecule has 0 aliphatic carbocycles. The smallest absolute Gasteiger partial charge is 0.191 e. The van der Waals surface area contributed by atoms with Crippen molar-refractivity contribution in [3.05, 3.63) is 64.1 Å². The Morgan fingerprint density at radius 2 is 1.77 bits per heavy atom. The first-order valence-electron chi connectivity index (χ1n) is 6.66. The highest BCUT2D eigenvalue weighted by molar-refractivity contribution is 7.98. The van der Waals surface area contributed by atoms with E-state index < -0.39 is 0 Å². The van der Waals surface area contributed by atoms with E-state index in [0.717, 1.165) is 27.3 Å². The van der Waals surface area contributed by atoms with E-state index in [0.29, 0.717) is 5.02 Å². The summed E-state index contributed by atoms with van der Waals surface area (Å²) in [5, 5.41) is 10.8. The van der Waals surface area contributed by atoms with Crippen molar-refractivity contribution in [3.63, 3.8) is 0 Å². The molecule has 22 heavy (non-hydrogen) atoms. The van der Waals surface area contributed by atoms with Crippen molar-refractivity contribution in [1.29, 1.82) is 0 Å². The number of hydrogen-bond donors (Lipinski definition) is 0. The van der Waals surface area contributed by atoms with Crippen LogP contribution in [-0.2, 0) is 12.8 Å². The molecule has 0 amide bonds. The maximum absolute atomic E-state index is 6.03. The van der Waals surface area contributed by atoms with Crippen LogP contribution in [0.1, 0.15) is 5.56 Å². The lowest BCUT2D eigenvalue weighted by molar-refractivity contribution is 0.794. The normalized spacial score (nSPS) is 10.9. The molecule has 0 radical (unpaired) electrons. The maximum Gasteiger partial charge on any atom is 0.191 e. The Balaban J connectivity index is 1.77. The van der Waals surface area contributed by atoms with E-state index in [2.05, 4.69) is 10.2 Å². The van der Waals surface area contributed by atoms with E-state index in [1.807, 2.05) is 60.1 Å². The summed E-state index contributed by atoms with van der Waals surface area (Å²) < 4.78 is 1.98. The summed E-state index contributed by atoms with van der Waals surface area (Å²) in [6.45, 7) is 0. The zero-order chi connectivity index (χ0) is 15.5. The van der Waals surface area contributed by atoms with Gasteiger partial charge in [0, 0.05) is 28.4 Å². The molecule has 0 N–H and O–H groups in total. The average molecular weight is 350 g/mol. The molecule has 3 rings (SSSR count). The van der Waals surface area contributed by atoms with Gasteiger partial charge in [-0.15, -0.1) is 10.2 Å². The maximum atomic E-state index is 6.03. The highest BCUT2D eigenvalue weighted by atomic mass is 35.5. The number of benzene rings is 2. The second-order valence-corrected chi connectivity index (χ2v) is 6.61. The topological polar surface area (TPSA) is 30.7 Å². The number of hydrogen-bond acceptors (Lipinski definition) is 3. The molecule has 0 bridgehead atoms. The summed E-state index contributed by atoms with van der Waals surface area (Å²) in [5.41, 5.74) is 2.16. The molecule has 0 spiro atoms. The lowest BCUT2D eigenvalue weighted by Crippen LogP contribution is -1.95. The summed E-state index contributed by atoms with van der Waals surface area (Å²) in [5.74, 6) is 1.62. The number of rotatable bonds is 4. The van der Waals surface area contributed by atoms with Crippen LogP contribution in [0.2, 0.25) is 10.0 Å². The van der Waals surface area contributed by atoms with E-state index in [1.54, 1.807) is 11.8 Å². The molecule has 0 saturated heterocycles. The molecule has 0 saturated carbocycles. The average Bonchev–Trinajstić information content (AvgIpc) is 2.88. The Morgan fingerprint density at radius 3 is 2.50 bits per heavy atom. The molecule has 0 aliphatic rings. The molecule has 0 aliphatic heterocycles. The molecular weight excluding hydrogens is 337 g/mol. The molecule has 2 aromatic carbocycles. The molecule has 0 unspecified atom stereocenters. The van der Waals surface area contributed by atoms with Gasteiger partial charge in [-0.1, -0.05) is 59.2 Å². The summed E-state index contributed by atoms with van der Waals surface area (Å²) >= 11 is 13.6. The van der Waals surface area contributed by atoms with Gasteiger partial charge in [0.2, 0.25) is 0 Å². The summed E-state index contributed by atoms with van der Waals surface area (Å²) in [6, 6.07) is 15.4. The zero-order valence-corrected chi connectivity index (χ0v) is 14.2. The van der Waals surface area contributed by atoms with Gasteiger partial charge in [-0.3, -0.25) is 0 Å². The number of halogens is 2. The van der Waals surface area contributed by atoms with Crippen LogP contribution in [0, 0.1) is 0 Å². The van der Waals surface area contributed by atoms with Crippen LogP contribution < -0.4 is 0 Å². The number of nitrogens with zero attached hydrogens (tertiary/aromatic N) is 3. The quantitative estimate of drug-likeness (QED) is 0.615. The Hall–Kier alpha value is -1.49. The third-order valence-corrected chi connectivity index (χ3v) is 4.78. The number of thioether (sulfide) groups is 1. The van der Waals surface area contributed by atoms with Crippen molar-refractivity contribution in [2.75, 3.05) is 0 Å². The van der Waals surface area contributed by atoms with Gasteiger partial charge in [0.1, 0.15) is 0 Å². The van der Waals surface area contributed by atoms with Crippen LogP contribution in [-0.4, -0.2) is 14.8 Å². The minimum atomic E-state index is 0.691. The third kappa shape index (κ3) is 3.46. The zero-order valence-electron chi connectivity index (χ0n) is 11.8. The lowest BCUT2D eigenvalue weighted by atomic mass is 10.2. The van der Waals surface area contributed by atoms with Crippen LogP contribution in [0.4, 0.5) is 0 Å². The predicted molar refractivity (Wildman–Crippen MR) is 92.5 cm³/mol. The summed E-state index contributed by atoms with van der Waals surface area (Å²) in [6.07, 6.45) is 0. The van der Waals surface area contributed by atoms with Crippen molar-refractivity contribution in [2.45, 2.75) is 10.9 Å². The van der Waals surface area contributed by atoms with Crippen LogP contribution in [0.15, 0.2) is 53.7 Å². The van der Waals surface area contributed by atoms with E-state index in [-0.39, 0.29) is 0 Å². The Bertz CT molecular complexity index is 784. The fraction of sp³-hybridized carbons (Fsp3) is 0.125. The van der Waals surface area contributed by atoms with Crippen molar-refractivity contribution >= 4 is 35.0 Å². The Labute approximate surface area is 143 Å². The van der Waals surface area contributed by atoms with Crippen LogP contribution in [0.3, 0.4) is 0 Å². The van der Waals surface area contributed by atoms with Crippen LogP contribution in [0.25, 0.3) is 11.4 Å². The van der Waals surface area contributed by atoms with Crippen LogP contribution >= 0.6 is 35.0 Å². The molecule has 3 nitrogen and oxygen atoms in total. The van der Waals surface area contributed by atoms with Crippen molar-refractivity contribution < 1.29 is 0 Å². The highest BCUT2D eigenvalue weighted by Gasteiger charge is 2.11. The monoisotopic (exact) mass is 349 g/mol. The molecule has 1 aromatic heterocycles. The van der Waals surface area contributed by atoms with E-state index in [1.165, 1.54) is 5.56 Å². The van der Waals surface area contributed by atoms with E-state index >= 15 is 0 Å². The summed E-state index contributed by atoms with van der Waals surface area (Å²) in [4.78, 5) is 0. The molecule has 112 valence electrons. The second-order valence-electron chi connectivity index (χ2n) is 4.79. The fourth-order valence-electron chi connectivity index (χ4n) is 2.05. The van der Waals surface area contributed by atoms with Gasteiger partial charge < -0.3 is 4.57 Å². The minimum Gasteiger partial charge on any atom is -0.305 e. The lowest BCUT2D eigenvalue weighted by Gasteiger charge is -2.04. The first-order chi connectivity index (χ1) is 10.6. The third-order valence-electron chi connectivity index (χ3n) is 3.20. The predicted octanol–water partition coefficient (Wildman–Crippen LogP) is 5.08. The van der Waals surface area contributed by atoms with E-state index in [9.17, 15) is 0 Å². The van der Waals surface area contributed by atoms with Crippen molar-refractivity contribution in [1.82, 2.24) is 14.8 Å². The highest BCUT2D eigenvalue weighted by Crippen LogP contribution is 2.26. The van der Waals surface area contributed by atoms with Crippen molar-refractivity contribution in [2.24, 2.45) is 7.05 Å². The van der Waals surface area contributed by atoms with Crippen molar-refractivity contribution in [3.8, 4) is 11.4 Å². The van der Waals surface area contributed by atoms with Gasteiger partial charge >= 0.3 is 0 Å². The summed E-state index contributed by atoms with van der Waals surface area (Å²) in [7, 11) is 1.96. The molecule has 0 atom stereocenters. The first kappa shape index (κ1) is 15.4. The van der Waals surface area contributed by atoms with Gasteiger partial charge in [-0.25, -0.2) is 0 Å². The van der Waals surface area contributed by atoms with Gasteiger partial charge in [0.25, 0.3) is 0 Å². The molecule has 3 aromatic rings. The molecular formula is C16H13Cl2N3S. The van der Waals surface area contributed by atoms with Crippen LogP contribution in [0.5, 0.6) is 0 Å². The SMILES string of the molecule is Cn1c(SCc2ccc(Cl)cc2)nnc1-c1cccc(Cl)c1. The Kier molecular flexibility index (Phi) is 4.71. The van der Waals surface area contributed by atoms with Gasteiger partial charge in [-0.2, -0.15) is 0 Å². The van der Waals surface area contributed by atoms with Gasteiger partial charge in [0.05, 0.1) is 0 Å². The Morgan fingerprint density at radius 1 is 1.00 bits per heavy atom. The molecule has 0 fully saturated rings. The standard InChI is InChI=1S/C16H13Cl2N3S/c1-21-15(12-3-2-4-14(18)9-12)19-20-16(21)22-10-11-5-7-13(17)8-6-11/h2-9H,10H2,1H3. The first-order valence-corrected chi connectivity index (χ1v) is 8.40.